The second kappa shape index (κ2) is 9.90. The fourth-order valence-corrected chi connectivity index (χ4v) is 2.51. The van der Waals surface area contributed by atoms with Crippen LogP contribution in [-0.4, -0.2) is 71.5 Å². The van der Waals surface area contributed by atoms with Crippen LogP contribution in [0.1, 0.15) is 20.8 Å². The van der Waals surface area contributed by atoms with Crippen molar-refractivity contribution in [3.63, 3.8) is 0 Å². The first-order chi connectivity index (χ1) is 14.1. The second-order valence-electron chi connectivity index (χ2n) is 7.51. The largest absolute Gasteiger partial charge is 0.487 e. The Morgan fingerprint density at radius 3 is 2.60 bits per heavy atom. The summed E-state index contributed by atoms with van der Waals surface area (Å²) in [6, 6.07) is 3.23. The molecule has 1 saturated heterocycles. The predicted octanol–water partition coefficient (Wildman–Crippen LogP) is 2.17. The molecule has 1 aliphatic rings. The van der Waals surface area contributed by atoms with Crippen LogP contribution in [0.3, 0.4) is 0 Å². The summed E-state index contributed by atoms with van der Waals surface area (Å²) in [6.07, 6.45) is -0.160. The first-order valence-corrected chi connectivity index (χ1v) is 9.21. The van der Waals surface area contributed by atoms with E-state index in [1.165, 1.54) is 6.20 Å². The summed E-state index contributed by atoms with van der Waals surface area (Å²) >= 11 is 0. The monoisotopic (exact) mass is 424 g/mol. The van der Waals surface area contributed by atoms with Crippen molar-refractivity contribution in [2.24, 2.45) is 0 Å². The number of hydrogen-bond donors (Lipinski definition) is 2. The van der Waals surface area contributed by atoms with Gasteiger partial charge >= 0.3 is 12.2 Å². The van der Waals surface area contributed by atoms with Gasteiger partial charge in [0.25, 0.3) is 5.91 Å². The number of piperazine rings is 1. The SMILES string of the molecule is CC(C)(C)OC(=O)NC/C(=C\F)COc1ccc(N2CCN(C(=O)O)C(=O)C2)nc1. The van der Waals surface area contributed by atoms with Crippen LogP contribution in [0.25, 0.3) is 0 Å². The number of aromatic nitrogens is 1. The van der Waals surface area contributed by atoms with E-state index < -0.39 is 23.7 Å². The highest BCUT2D eigenvalue weighted by atomic mass is 19.1. The number of carboxylic acid groups (broad SMARTS) is 1. The van der Waals surface area contributed by atoms with Crippen LogP contribution in [-0.2, 0) is 9.53 Å². The Balaban J connectivity index is 1.83. The lowest BCUT2D eigenvalue weighted by molar-refractivity contribution is -0.128. The molecule has 1 fully saturated rings. The first-order valence-electron chi connectivity index (χ1n) is 9.21. The number of imide groups is 1. The van der Waals surface area contributed by atoms with Gasteiger partial charge < -0.3 is 24.8 Å². The summed E-state index contributed by atoms with van der Waals surface area (Å²) in [5.41, 5.74) is -0.460. The molecule has 30 heavy (non-hydrogen) atoms. The zero-order valence-electron chi connectivity index (χ0n) is 17.1. The van der Waals surface area contributed by atoms with Crippen LogP contribution < -0.4 is 15.0 Å². The molecule has 0 unspecified atom stereocenters. The summed E-state index contributed by atoms with van der Waals surface area (Å²) < 4.78 is 23.6. The molecule has 2 rings (SSSR count). The van der Waals surface area contributed by atoms with Gasteiger partial charge in [0.15, 0.2) is 0 Å². The van der Waals surface area contributed by atoms with Gasteiger partial charge in [-0.05, 0) is 32.9 Å². The highest BCUT2D eigenvalue weighted by molar-refractivity contribution is 5.94. The molecule has 0 aliphatic carbocycles. The average Bonchev–Trinajstić information content (AvgIpc) is 2.67. The van der Waals surface area contributed by atoms with Gasteiger partial charge in [0.1, 0.15) is 23.8 Å². The minimum absolute atomic E-state index is 0.0589. The topological polar surface area (TPSA) is 121 Å². The fourth-order valence-electron chi connectivity index (χ4n) is 2.51. The van der Waals surface area contributed by atoms with Crippen LogP contribution in [0.15, 0.2) is 30.2 Å². The molecule has 3 amide bonds. The first kappa shape index (κ1) is 22.9. The van der Waals surface area contributed by atoms with Gasteiger partial charge in [0, 0.05) is 25.2 Å². The van der Waals surface area contributed by atoms with Crippen LogP contribution >= 0.6 is 0 Å². The fraction of sp³-hybridized carbons (Fsp3) is 0.474. The van der Waals surface area contributed by atoms with Crippen molar-refractivity contribution in [3.05, 3.63) is 30.2 Å². The van der Waals surface area contributed by atoms with E-state index in [2.05, 4.69) is 10.3 Å². The average molecular weight is 424 g/mol. The van der Waals surface area contributed by atoms with E-state index in [9.17, 15) is 18.8 Å². The van der Waals surface area contributed by atoms with Gasteiger partial charge in [-0.2, -0.15) is 0 Å². The summed E-state index contributed by atoms with van der Waals surface area (Å²) in [6.45, 7) is 5.28. The van der Waals surface area contributed by atoms with Crippen LogP contribution in [0.4, 0.5) is 19.8 Å². The van der Waals surface area contributed by atoms with Gasteiger partial charge in [-0.1, -0.05) is 0 Å². The van der Waals surface area contributed by atoms with Gasteiger partial charge in [-0.25, -0.2) is 23.9 Å². The number of amides is 3. The number of ether oxygens (including phenoxy) is 2. The molecule has 2 heterocycles. The van der Waals surface area contributed by atoms with Crippen molar-refractivity contribution in [1.82, 2.24) is 15.2 Å². The van der Waals surface area contributed by atoms with E-state index in [0.29, 0.717) is 24.4 Å². The van der Waals surface area contributed by atoms with Crippen LogP contribution in [0.5, 0.6) is 5.75 Å². The normalized spacial score (nSPS) is 15.1. The van der Waals surface area contributed by atoms with Gasteiger partial charge in [0.2, 0.25) is 0 Å². The Labute approximate surface area is 173 Å². The number of carbonyl (C=O) groups is 3. The molecule has 0 radical (unpaired) electrons. The van der Waals surface area contributed by atoms with Crippen LogP contribution in [0.2, 0.25) is 0 Å². The highest BCUT2D eigenvalue weighted by Crippen LogP contribution is 2.18. The molecule has 10 nitrogen and oxygen atoms in total. The summed E-state index contributed by atoms with van der Waals surface area (Å²) in [4.78, 5) is 41.0. The van der Waals surface area contributed by atoms with E-state index in [-0.39, 0.29) is 31.8 Å². The van der Waals surface area contributed by atoms with Gasteiger partial charge in [-0.15, -0.1) is 0 Å². The lowest BCUT2D eigenvalue weighted by atomic mass is 10.2. The molecule has 11 heteroatoms. The molecular formula is C19H25FN4O6. The zero-order chi connectivity index (χ0) is 22.3. The zero-order valence-corrected chi connectivity index (χ0v) is 17.1. The van der Waals surface area contributed by atoms with E-state index in [4.69, 9.17) is 14.6 Å². The number of halogens is 1. The minimum Gasteiger partial charge on any atom is -0.487 e. The molecule has 0 saturated carbocycles. The lowest BCUT2D eigenvalue weighted by Crippen LogP contribution is -2.52. The number of carbonyl (C=O) groups excluding carboxylic acids is 2. The van der Waals surface area contributed by atoms with Crippen molar-refractivity contribution in [2.45, 2.75) is 26.4 Å². The number of anilines is 1. The Morgan fingerprint density at radius 1 is 1.33 bits per heavy atom. The van der Waals surface area contributed by atoms with E-state index in [0.717, 1.165) is 4.90 Å². The molecule has 0 atom stereocenters. The minimum atomic E-state index is -1.27. The third-order valence-corrected chi connectivity index (χ3v) is 3.93. The van der Waals surface area contributed by atoms with Crippen molar-refractivity contribution < 1.29 is 33.4 Å². The number of nitrogens with zero attached hydrogens (tertiary/aromatic N) is 3. The molecule has 0 spiro atoms. The molecular weight excluding hydrogens is 399 g/mol. The third kappa shape index (κ3) is 6.90. The highest BCUT2D eigenvalue weighted by Gasteiger charge is 2.28. The summed E-state index contributed by atoms with van der Waals surface area (Å²) in [5.74, 6) is 0.338. The molecule has 1 aliphatic heterocycles. The maximum absolute atomic E-state index is 13.0. The predicted molar refractivity (Wildman–Crippen MR) is 105 cm³/mol. The molecule has 164 valence electrons. The van der Waals surface area contributed by atoms with Crippen molar-refractivity contribution in [3.8, 4) is 5.75 Å². The lowest BCUT2D eigenvalue weighted by Gasteiger charge is -2.32. The maximum atomic E-state index is 13.0. The summed E-state index contributed by atoms with van der Waals surface area (Å²) in [7, 11) is 0. The Hall–Kier alpha value is -3.37. The maximum Gasteiger partial charge on any atom is 0.414 e. The quantitative estimate of drug-likeness (QED) is 0.713. The Bertz CT molecular complexity index is 806. The number of rotatable bonds is 6. The summed E-state index contributed by atoms with van der Waals surface area (Å²) in [5, 5.41) is 11.4. The Kier molecular flexibility index (Phi) is 7.56. The number of alkyl carbamates (subject to hydrolysis) is 1. The molecule has 0 bridgehead atoms. The standard InChI is InChI=1S/C19H25FN4O6/c1-19(2,3)30-17(26)22-9-13(8-20)12-29-14-4-5-15(21-10-14)23-6-7-24(18(27)28)16(25)11-23/h4-5,8,10H,6-7,9,11-12H2,1-3H3,(H,22,26)(H,27,28)/b13-8+. The Morgan fingerprint density at radius 2 is 2.07 bits per heavy atom. The van der Waals surface area contributed by atoms with Crippen molar-refractivity contribution >= 4 is 23.9 Å². The van der Waals surface area contributed by atoms with Gasteiger partial charge in [0.05, 0.1) is 19.1 Å². The smallest absolute Gasteiger partial charge is 0.414 e. The molecule has 2 N–H and O–H groups in total. The third-order valence-electron chi connectivity index (χ3n) is 3.93. The second-order valence-corrected chi connectivity index (χ2v) is 7.51. The van der Waals surface area contributed by atoms with E-state index in [1.807, 2.05) is 0 Å². The molecule has 0 aromatic carbocycles. The number of hydrogen-bond acceptors (Lipinski definition) is 7. The molecule has 1 aromatic heterocycles. The van der Waals surface area contributed by atoms with E-state index in [1.54, 1.807) is 37.8 Å². The molecule has 1 aromatic rings. The van der Waals surface area contributed by atoms with Crippen molar-refractivity contribution in [2.75, 3.05) is 37.7 Å². The van der Waals surface area contributed by atoms with Gasteiger partial charge in [-0.3, -0.25) is 4.79 Å². The van der Waals surface area contributed by atoms with E-state index >= 15 is 0 Å². The van der Waals surface area contributed by atoms with Crippen molar-refractivity contribution in [1.29, 1.82) is 0 Å². The number of pyridine rings is 1. The number of nitrogens with one attached hydrogen (secondary N) is 1. The van der Waals surface area contributed by atoms with Crippen LogP contribution in [0, 0.1) is 0 Å².